The number of hydrogen-bond acceptors (Lipinski definition) is 24. The van der Waals surface area contributed by atoms with Gasteiger partial charge < -0.3 is 56.8 Å². The molecule has 24 nitrogen and oxygen atoms in total. The van der Waals surface area contributed by atoms with Gasteiger partial charge >= 0.3 is 71.6 Å². The first-order valence-corrected chi connectivity index (χ1v) is 45.3. The number of rotatable bonds is 18. The molecule has 0 aromatic carbocycles. The lowest BCUT2D eigenvalue weighted by molar-refractivity contribution is -0.169. The van der Waals surface area contributed by atoms with E-state index in [2.05, 4.69) is 0 Å². The van der Waals surface area contributed by atoms with Gasteiger partial charge in [0.25, 0.3) is 0 Å². The summed E-state index contributed by atoms with van der Waals surface area (Å²) in [6.45, 7) is 36.5. The van der Waals surface area contributed by atoms with Crippen LogP contribution in [0.25, 0.3) is 0 Å². The summed E-state index contributed by atoms with van der Waals surface area (Å²) in [7, 11) is 0. The molecule has 0 amide bonds. The summed E-state index contributed by atoms with van der Waals surface area (Å²) in [5.74, 6) is 4.36. The van der Waals surface area contributed by atoms with Gasteiger partial charge in [0, 0.05) is 46.3 Å². The van der Waals surface area contributed by atoms with Crippen molar-refractivity contribution < 1.29 is 114 Å². The minimum absolute atomic E-state index is 0. The second kappa shape index (κ2) is 45.8. The molecule has 12 saturated carbocycles. The average molecular weight is 1830 g/mol. The molecule has 27 unspecified atom stereocenters. The molecule has 18 fully saturated rings. The number of esters is 12. The van der Waals surface area contributed by atoms with Gasteiger partial charge in [0.2, 0.25) is 0 Å². The van der Waals surface area contributed by atoms with Gasteiger partial charge in [0.15, 0.2) is 0 Å². The van der Waals surface area contributed by atoms with Crippen molar-refractivity contribution in [2.45, 2.75) is 410 Å². The molecule has 129 heavy (non-hydrogen) atoms. The molecular weight excluding hydrogens is 1650 g/mol. The SMILES string of the molecule is C.C.C.C.C.C.C.C.C.C.C.C.CCC(C)(C)C(=O)OC1CC2CC1C1(CCOC1=O)C2.CCC(C)(C)C(=O)OC1CC2CC1C1(COC(=O)C1)C2.CCC(C)(C)C(=O)OC1CC2CC1C1C(=O)OCC21.CCC(C)(C)C(=O)OC1CC2CC1CC21CCOC1=O.CCC(C)(C)C(=O)OC1CC2CC1CC21COC(=O)C1.CCC(C)C(=O)OC1CC2CC1C1C(=O)OCC21. The minimum Gasteiger partial charge on any atom is -0.465 e. The summed E-state index contributed by atoms with van der Waals surface area (Å²) in [6.07, 6.45) is 22.8. The van der Waals surface area contributed by atoms with Gasteiger partial charge in [-0.2, -0.15) is 0 Å². The predicted molar refractivity (Wildman–Crippen MR) is 504 cm³/mol. The Labute approximate surface area is 781 Å². The van der Waals surface area contributed by atoms with Crippen LogP contribution >= 0.6 is 0 Å². The standard InChI is InChI=1S/4C16H24O4.C15H22O4.C14H20O4.12CH4/c1-4-15(2,3)14(18)20-12-6-11-5-10(12)7-16(11)8-13(17)19-9-16;1-4-15(2,3)14(18)20-12-6-10-5-11(12)16(7-10)8-13(17)19-9-16;1-4-15(2,3)13(17)20-12-8-11-7-10(12)9-16(11)5-6-19-14(16)18;1-4-15(2,3)13(17)20-12-8-10-7-11(12)16(9-10)5-6-19-14(16)18;1-4-15(2,3)14(17)19-11-6-8-5-9(11)12-10(8)7-18-13(12)16;1-3-7(2)13(15)18-11-5-8-4-9(11)12-10(8)6-17-14(12)16;;;;;;;;;;;;/h4*10-12H,4-9H2,1-3H3;8-12H,4-7H2,1-3H3;7-12H,3-6H2,1-2H3;12*1H4. The van der Waals surface area contributed by atoms with E-state index in [-0.39, 0.29) is 255 Å². The summed E-state index contributed by atoms with van der Waals surface area (Å²) >= 11 is 0. The Morgan fingerprint density at radius 2 is 0.705 bits per heavy atom. The van der Waals surface area contributed by atoms with E-state index in [1.165, 1.54) is 0 Å². The van der Waals surface area contributed by atoms with Crippen molar-refractivity contribution in [3.63, 3.8) is 0 Å². The highest BCUT2D eigenvalue weighted by atomic mass is 16.6. The molecule has 12 aliphatic carbocycles. The van der Waals surface area contributed by atoms with Crippen LogP contribution < -0.4 is 0 Å². The molecule has 0 radical (unpaired) electrons. The van der Waals surface area contributed by atoms with Crippen molar-refractivity contribution in [2.24, 2.45) is 149 Å². The quantitative estimate of drug-likeness (QED) is 0.0909. The monoisotopic (exact) mass is 1830 g/mol. The topological polar surface area (TPSA) is 316 Å². The number of ether oxygens (including phenoxy) is 12. The van der Waals surface area contributed by atoms with E-state index in [0.717, 1.165) is 154 Å². The summed E-state index contributed by atoms with van der Waals surface area (Å²) in [6, 6.07) is 0. The van der Waals surface area contributed by atoms with Crippen LogP contribution in [-0.4, -0.2) is 148 Å². The fourth-order valence-electron chi connectivity index (χ4n) is 24.2. The Bertz CT molecular complexity index is 3800. The number of carbonyl (C=O) groups excluding carboxylic acids is 12. The highest BCUT2D eigenvalue weighted by Crippen LogP contribution is 2.66. The zero-order chi connectivity index (χ0) is 84.8. The van der Waals surface area contributed by atoms with Crippen LogP contribution in [0.3, 0.4) is 0 Å². The maximum absolute atomic E-state index is 12.3. The van der Waals surface area contributed by atoms with Crippen molar-refractivity contribution in [2.75, 3.05) is 39.6 Å². The van der Waals surface area contributed by atoms with Crippen molar-refractivity contribution in [1.82, 2.24) is 0 Å². The van der Waals surface area contributed by atoms with Crippen LogP contribution in [0, 0.1) is 149 Å². The molecule has 24 heteroatoms. The Balaban J connectivity index is 0.000000760. The summed E-state index contributed by atoms with van der Waals surface area (Å²) in [4.78, 5) is 143. The zero-order valence-corrected chi connectivity index (χ0v) is 73.2. The first-order chi connectivity index (χ1) is 55.0. The molecule has 0 aromatic rings. The number of hydrogen-bond donors (Lipinski definition) is 0. The van der Waals surface area contributed by atoms with Gasteiger partial charge in [-0.25, -0.2) is 0 Å². The minimum atomic E-state index is -0.439. The summed E-state index contributed by atoms with van der Waals surface area (Å²) < 4.78 is 65.5. The lowest BCUT2D eigenvalue weighted by Crippen LogP contribution is -2.42. The third kappa shape index (κ3) is 23.1. The molecule has 0 aromatic heterocycles. The molecule has 0 N–H and O–H groups in total. The van der Waals surface area contributed by atoms with Gasteiger partial charge in [-0.05, 0) is 271 Å². The molecule has 18 rings (SSSR count). The maximum atomic E-state index is 12.3. The Kier molecular flexibility index (Phi) is 42.8. The summed E-state index contributed by atoms with van der Waals surface area (Å²) in [5, 5.41) is 0. The molecular formula is C105H186O24. The molecule has 18 aliphatic rings. The lowest BCUT2D eigenvalue weighted by Gasteiger charge is -2.37. The van der Waals surface area contributed by atoms with E-state index in [4.69, 9.17) is 56.8 Å². The lowest BCUT2D eigenvalue weighted by atomic mass is 9.71. The van der Waals surface area contributed by atoms with E-state index in [0.29, 0.717) is 118 Å². The fraction of sp³-hybridized carbons (Fsp3) is 0.886. The number of fused-ring (bicyclic) bond motifs is 22. The number of carbonyl (C=O) groups is 12. The first-order valence-electron chi connectivity index (χ1n) is 45.3. The molecule has 12 bridgehead atoms. The van der Waals surface area contributed by atoms with Gasteiger partial charge in [-0.1, -0.05) is 138 Å². The van der Waals surface area contributed by atoms with Crippen molar-refractivity contribution >= 4 is 71.6 Å². The van der Waals surface area contributed by atoms with Crippen molar-refractivity contribution in [1.29, 1.82) is 0 Å². The van der Waals surface area contributed by atoms with Gasteiger partial charge in [0.05, 0.1) is 108 Å². The van der Waals surface area contributed by atoms with Crippen LogP contribution in [0.2, 0.25) is 0 Å². The zero-order valence-electron chi connectivity index (χ0n) is 73.2. The van der Waals surface area contributed by atoms with Crippen LogP contribution in [-0.2, 0) is 114 Å². The molecule has 750 valence electrons. The van der Waals surface area contributed by atoms with E-state index >= 15 is 0 Å². The second-order valence-electron chi connectivity index (χ2n) is 42.7. The Hall–Kier alpha value is -6.36. The average Bonchev–Trinajstić information content (AvgIpc) is 1.64. The third-order valence-electron chi connectivity index (χ3n) is 34.0. The maximum Gasteiger partial charge on any atom is 0.312 e. The summed E-state index contributed by atoms with van der Waals surface area (Å²) in [5.41, 5.74) is -2.67. The van der Waals surface area contributed by atoms with Gasteiger partial charge in [0.1, 0.15) is 36.6 Å². The highest BCUT2D eigenvalue weighted by molar-refractivity contribution is 5.83. The number of cyclic esters (lactones) is 6. The first kappa shape index (κ1) is 121. The van der Waals surface area contributed by atoms with Crippen LogP contribution in [0.4, 0.5) is 0 Å². The molecule has 27 atom stereocenters. The van der Waals surface area contributed by atoms with Crippen molar-refractivity contribution in [3.05, 3.63) is 0 Å². The predicted octanol–water partition coefficient (Wildman–Crippen LogP) is 22.4. The third-order valence-corrected chi connectivity index (χ3v) is 34.0. The highest BCUT2D eigenvalue weighted by Gasteiger charge is 2.68. The van der Waals surface area contributed by atoms with E-state index in [1.807, 2.05) is 118 Å². The van der Waals surface area contributed by atoms with Crippen LogP contribution in [0.15, 0.2) is 0 Å². The Morgan fingerprint density at radius 1 is 0.349 bits per heavy atom. The van der Waals surface area contributed by atoms with E-state index in [1.54, 1.807) is 0 Å². The smallest absolute Gasteiger partial charge is 0.312 e. The molecule has 6 aliphatic heterocycles. The Morgan fingerprint density at radius 3 is 1.05 bits per heavy atom. The van der Waals surface area contributed by atoms with Gasteiger partial charge in [-0.15, -0.1) is 0 Å². The van der Waals surface area contributed by atoms with Crippen LogP contribution in [0.5, 0.6) is 0 Å². The second-order valence-corrected chi connectivity index (χ2v) is 42.7. The molecule has 6 heterocycles. The van der Waals surface area contributed by atoms with Gasteiger partial charge in [-0.3, -0.25) is 57.5 Å². The van der Waals surface area contributed by atoms with E-state index < -0.39 is 27.1 Å². The fourth-order valence-corrected chi connectivity index (χ4v) is 24.2. The van der Waals surface area contributed by atoms with E-state index in [9.17, 15) is 57.5 Å². The van der Waals surface area contributed by atoms with Crippen molar-refractivity contribution in [3.8, 4) is 0 Å². The molecule has 6 saturated heterocycles. The largest absolute Gasteiger partial charge is 0.465 e. The van der Waals surface area contributed by atoms with Crippen LogP contribution in [0.1, 0.15) is 374 Å². The normalized spacial score (nSPS) is 36.3. The molecule has 4 spiro atoms.